The third-order valence-electron chi connectivity index (χ3n) is 4.34. The summed E-state index contributed by atoms with van der Waals surface area (Å²) in [5, 5.41) is 9.05. The number of aromatic nitrogens is 1. The summed E-state index contributed by atoms with van der Waals surface area (Å²) in [6.45, 7) is 4.27. The highest BCUT2D eigenvalue weighted by Gasteiger charge is 2.19. The zero-order valence-corrected chi connectivity index (χ0v) is 14.5. The van der Waals surface area contributed by atoms with Crippen LogP contribution < -0.4 is 10.6 Å². The fourth-order valence-corrected chi connectivity index (χ4v) is 3.77. The molecule has 1 aliphatic carbocycles. The summed E-state index contributed by atoms with van der Waals surface area (Å²) in [6.07, 6.45) is 4.55. The van der Waals surface area contributed by atoms with Crippen molar-refractivity contribution >= 4 is 23.1 Å². The van der Waals surface area contributed by atoms with Crippen molar-refractivity contribution in [3.05, 3.63) is 35.3 Å². The minimum absolute atomic E-state index is 0.114. The van der Waals surface area contributed by atoms with E-state index in [9.17, 15) is 4.79 Å². The molecule has 3 rings (SSSR count). The van der Waals surface area contributed by atoms with Gasteiger partial charge >= 0.3 is 6.03 Å². The highest BCUT2D eigenvalue weighted by atomic mass is 32.1. The van der Waals surface area contributed by atoms with E-state index in [-0.39, 0.29) is 6.03 Å². The number of hydrogen-bond donors (Lipinski definition) is 2. The number of carbonyl (C=O) groups excluding carboxylic acids is 1. The second-order valence-corrected chi connectivity index (χ2v) is 7.29. The minimum atomic E-state index is -0.114. The van der Waals surface area contributed by atoms with E-state index in [0.29, 0.717) is 6.04 Å². The largest absolute Gasteiger partial charge is 0.335 e. The molecule has 0 aliphatic heterocycles. The van der Waals surface area contributed by atoms with E-state index >= 15 is 0 Å². The van der Waals surface area contributed by atoms with Crippen molar-refractivity contribution in [2.45, 2.75) is 45.6 Å². The quantitative estimate of drug-likeness (QED) is 0.848. The van der Waals surface area contributed by atoms with Gasteiger partial charge < -0.3 is 10.6 Å². The van der Waals surface area contributed by atoms with Gasteiger partial charge in [-0.2, -0.15) is 0 Å². The Morgan fingerprint density at radius 3 is 2.74 bits per heavy atom. The molecule has 0 atom stereocenters. The van der Waals surface area contributed by atoms with E-state index in [4.69, 9.17) is 0 Å². The molecule has 23 heavy (non-hydrogen) atoms. The number of thiazole rings is 1. The maximum atomic E-state index is 12.2. The van der Waals surface area contributed by atoms with Crippen molar-refractivity contribution in [2.75, 3.05) is 5.32 Å². The first-order valence-corrected chi connectivity index (χ1v) is 9.08. The first-order valence-electron chi connectivity index (χ1n) is 8.20. The molecule has 1 aromatic heterocycles. The normalized spacial score (nSPS) is 21.0. The van der Waals surface area contributed by atoms with Crippen molar-refractivity contribution in [2.24, 2.45) is 5.92 Å². The van der Waals surface area contributed by atoms with E-state index in [1.807, 2.05) is 36.6 Å². The summed E-state index contributed by atoms with van der Waals surface area (Å²) in [7, 11) is 0. The molecule has 0 radical (unpaired) electrons. The number of aryl methyl sites for hydroxylation is 1. The Labute approximate surface area is 141 Å². The van der Waals surface area contributed by atoms with Gasteiger partial charge in [0.05, 0.1) is 0 Å². The average molecular weight is 329 g/mol. The highest BCUT2D eigenvalue weighted by molar-refractivity contribution is 7.13. The summed E-state index contributed by atoms with van der Waals surface area (Å²) < 4.78 is 0. The lowest BCUT2D eigenvalue weighted by atomic mass is 9.87. The lowest BCUT2D eigenvalue weighted by molar-refractivity contribution is 0.239. The third kappa shape index (κ3) is 4.32. The van der Waals surface area contributed by atoms with E-state index in [0.717, 1.165) is 40.7 Å². The van der Waals surface area contributed by atoms with E-state index in [1.165, 1.54) is 12.8 Å². The van der Waals surface area contributed by atoms with E-state index in [1.54, 1.807) is 11.3 Å². The molecule has 0 bridgehead atoms. The highest BCUT2D eigenvalue weighted by Crippen LogP contribution is 2.26. The van der Waals surface area contributed by atoms with Crippen molar-refractivity contribution < 1.29 is 4.79 Å². The van der Waals surface area contributed by atoms with Crippen molar-refractivity contribution in [1.82, 2.24) is 10.3 Å². The van der Waals surface area contributed by atoms with Crippen LogP contribution in [0.25, 0.3) is 10.6 Å². The Bertz CT molecular complexity index is 674. The number of urea groups is 1. The molecule has 1 aromatic carbocycles. The molecule has 2 amide bonds. The monoisotopic (exact) mass is 329 g/mol. The van der Waals surface area contributed by atoms with Crippen molar-refractivity contribution in [3.63, 3.8) is 0 Å². The predicted molar refractivity (Wildman–Crippen MR) is 95.9 cm³/mol. The summed E-state index contributed by atoms with van der Waals surface area (Å²) in [5.74, 6) is 0.787. The maximum absolute atomic E-state index is 12.2. The van der Waals surface area contributed by atoms with Gasteiger partial charge in [-0.15, -0.1) is 11.3 Å². The van der Waals surface area contributed by atoms with Crippen molar-refractivity contribution in [3.8, 4) is 10.6 Å². The van der Waals surface area contributed by atoms with Gasteiger partial charge in [0, 0.05) is 28.4 Å². The Morgan fingerprint density at radius 2 is 2.04 bits per heavy atom. The van der Waals surface area contributed by atoms with Crippen LogP contribution in [0.3, 0.4) is 0 Å². The molecule has 0 unspecified atom stereocenters. The second kappa shape index (κ2) is 7.13. The fourth-order valence-electron chi connectivity index (χ4n) is 2.97. The van der Waals surface area contributed by atoms with Gasteiger partial charge in [-0.1, -0.05) is 19.1 Å². The van der Waals surface area contributed by atoms with Crippen molar-refractivity contribution in [1.29, 1.82) is 0 Å². The zero-order chi connectivity index (χ0) is 16.2. The average Bonchev–Trinajstić information content (AvgIpc) is 2.96. The third-order valence-corrected chi connectivity index (χ3v) is 5.35. The first-order chi connectivity index (χ1) is 11.1. The zero-order valence-electron chi connectivity index (χ0n) is 13.6. The van der Waals surface area contributed by atoms with Crippen LogP contribution in [0, 0.1) is 12.8 Å². The second-order valence-electron chi connectivity index (χ2n) is 6.43. The summed E-state index contributed by atoms with van der Waals surface area (Å²) in [5.41, 5.74) is 2.86. The molecule has 5 heteroatoms. The van der Waals surface area contributed by atoms with Gasteiger partial charge in [0.25, 0.3) is 0 Å². The first kappa shape index (κ1) is 16.0. The van der Waals surface area contributed by atoms with Crippen LogP contribution in [0.5, 0.6) is 0 Å². The van der Waals surface area contributed by atoms with Crippen LogP contribution in [-0.2, 0) is 0 Å². The van der Waals surface area contributed by atoms with Gasteiger partial charge in [-0.3, -0.25) is 0 Å². The SMILES string of the molecule is Cc1csc(-c2cccc(NC(=O)NC3CCC(C)CC3)c2)n1. The molecule has 1 fully saturated rings. The Balaban J connectivity index is 1.60. The molecular weight excluding hydrogens is 306 g/mol. The molecule has 0 spiro atoms. The molecule has 1 saturated carbocycles. The Morgan fingerprint density at radius 1 is 1.26 bits per heavy atom. The minimum Gasteiger partial charge on any atom is -0.335 e. The topological polar surface area (TPSA) is 54.0 Å². The van der Waals surface area contributed by atoms with Crippen LogP contribution in [0.4, 0.5) is 10.5 Å². The molecule has 2 N–H and O–H groups in total. The standard InChI is InChI=1S/C18H23N3OS/c1-12-6-8-15(9-7-12)20-18(22)21-16-5-3-4-14(10-16)17-19-13(2)11-23-17/h3-5,10-12,15H,6-9H2,1-2H3,(H2,20,21,22). The number of rotatable bonds is 3. The summed E-state index contributed by atoms with van der Waals surface area (Å²) >= 11 is 1.62. The Hall–Kier alpha value is -1.88. The van der Waals surface area contributed by atoms with Gasteiger partial charge in [0.1, 0.15) is 5.01 Å². The molecule has 2 aromatic rings. The van der Waals surface area contributed by atoms with Crippen LogP contribution in [0.1, 0.15) is 38.3 Å². The Kier molecular flexibility index (Phi) is 4.96. The van der Waals surface area contributed by atoms with Crippen LogP contribution >= 0.6 is 11.3 Å². The smallest absolute Gasteiger partial charge is 0.319 e. The molecule has 1 heterocycles. The molecule has 1 aliphatic rings. The summed E-state index contributed by atoms with van der Waals surface area (Å²) in [4.78, 5) is 16.7. The van der Waals surface area contributed by atoms with Crippen LogP contribution in [0.15, 0.2) is 29.6 Å². The van der Waals surface area contributed by atoms with Gasteiger partial charge in [-0.05, 0) is 50.7 Å². The number of amides is 2. The van der Waals surface area contributed by atoms with Gasteiger partial charge in [0.15, 0.2) is 0 Å². The van der Waals surface area contributed by atoms with Crippen LogP contribution in [-0.4, -0.2) is 17.1 Å². The predicted octanol–water partition coefficient (Wildman–Crippen LogP) is 4.82. The number of hydrogen-bond acceptors (Lipinski definition) is 3. The summed E-state index contributed by atoms with van der Waals surface area (Å²) in [6, 6.07) is 8.04. The number of anilines is 1. The molecular formula is C18H23N3OS. The van der Waals surface area contributed by atoms with E-state index in [2.05, 4.69) is 22.5 Å². The lowest BCUT2D eigenvalue weighted by Gasteiger charge is -2.26. The number of carbonyl (C=O) groups is 1. The number of nitrogens with one attached hydrogen (secondary N) is 2. The molecule has 4 nitrogen and oxygen atoms in total. The molecule has 0 saturated heterocycles. The van der Waals surface area contributed by atoms with Gasteiger partial charge in [0.2, 0.25) is 0 Å². The number of nitrogens with zero attached hydrogens (tertiary/aromatic N) is 1. The van der Waals surface area contributed by atoms with Gasteiger partial charge in [-0.25, -0.2) is 9.78 Å². The fraction of sp³-hybridized carbons (Fsp3) is 0.444. The maximum Gasteiger partial charge on any atom is 0.319 e. The van der Waals surface area contributed by atoms with Crippen LogP contribution in [0.2, 0.25) is 0 Å². The lowest BCUT2D eigenvalue weighted by Crippen LogP contribution is -2.39. The number of benzene rings is 1. The van der Waals surface area contributed by atoms with E-state index < -0.39 is 0 Å². The molecule has 122 valence electrons.